The number of hydrogen-bond donors (Lipinski definition) is 1. The first-order valence-electron chi connectivity index (χ1n) is 7.91. The van der Waals surface area contributed by atoms with Gasteiger partial charge in [0.15, 0.2) is 5.65 Å². The quantitative estimate of drug-likeness (QED) is 0.802. The van der Waals surface area contributed by atoms with Crippen molar-refractivity contribution in [2.75, 3.05) is 5.32 Å². The van der Waals surface area contributed by atoms with E-state index >= 15 is 0 Å². The fourth-order valence-electron chi connectivity index (χ4n) is 3.13. The number of nitrogens with one attached hydrogen (secondary N) is 1. The molecule has 1 aliphatic rings. The lowest BCUT2D eigenvalue weighted by Gasteiger charge is -2.23. The van der Waals surface area contributed by atoms with Crippen LogP contribution in [0.3, 0.4) is 0 Å². The molecule has 5 nitrogen and oxygen atoms in total. The first-order valence-corrected chi connectivity index (χ1v) is 7.91. The van der Waals surface area contributed by atoms with E-state index in [1.165, 1.54) is 32.1 Å². The van der Waals surface area contributed by atoms with Gasteiger partial charge in [-0.25, -0.2) is 9.50 Å². The second kappa shape index (κ2) is 5.75. The first-order chi connectivity index (χ1) is 10.9. The van der Waals surface area contributed by atoms with Gasteiger partial charge < -0.3 is 5.32 Å². The zero-order valence-electron chi connectivity index (χ0n) is 12.4. The van der Waals surface area contributed by atoms with Gasteiger partial charge in [-0.1, -0.05) is 25.3 Å². The minimum absolute atomic E-state index is 0.550. The predicted octanol–water partition coefficient (Wildman–Crippen LogP) is 3.54. The largest absolute Gasteiger partial charge is 0.367 e. The predicted molar refractivity (Wildman–Crippen MR) is 86.7 cm³/mol. The van der Waals surface area contributed by atoms with E-state index in [1.807, 2.05) is 41.3 Å². The van der Waals surface area contributed by atoms with Gasteiger partial charge in [-0.05, 0) is 25.0 Å². The van der Waals surface area contributed by atoms with E-state index in [0.29, 0.717) is 6.04 Å². The molecule has 0 aromatic carbocycles. The molecular formula is C17H19N5. The molecule has 3 heterocycles. The molecule has 0 unspecified atom stereocenters. The normalized spacial score (nSPS) is 16.0. The molecule has 0 spiro atoms. The summed E-state index contributed by atoms with van der Waals surface area (Å²) in [5.74, 6) is 0.935. The average molecular weight is 293 g/mol. The molecule has 0 aliphatic heterocycles. The monoisotopic (exact) mass is 293 g/mol. The minimum atomic E-state index is 0.550. The summed E-state index contributed by atoms with van der Waals surface area (Å²) in [6.07, 6.45) is 13.9. The van der Waals surface area contributed by atoms with Crippen molar-refractivity contribution in [2.24, 2.45) is 0 Å². The average Bonchev–Trinajstić information content (AvgIpc) is 3.00. The summed E-state index contributed by atoms with van der Waals surface area (Å²) in [6.45, 7) is 0. The van der Waals surface area contributed by atoms with E-state index in [2.05, 4.69) is 15.4 Å². The lowest BCUT2D eigenvalue weighted by Crippen LogP contribution is -2.22. The molecule has 0 atom stereocenters. The van der Waals surface area contributed by atoms with Crippen LogP contribution in [0.15, 0.2) is 43.0 Å². The molecule has 1 N–H and O–H groups in total. The number of aromatic nitrogens is 4. The van der Waals surface area contributed by atoms with Gasteiger partial charge in [-0.3, -0.25) is 4.98 Å². The Balaban J connectivity index is 1.67. The molecule has 3 aromatic rings. The van der Waals surface area contributed by atoms with Crippen LogP contribution in [0, 0.1) is 0 Å². The highest BCUT2D eigenvalue weighted by Gasteiger charge is 2.14. The smallest absolute Gasteiger partial charge is 0.165 e. The molecule has 0 bridgehead atoms. The highest BCUT2D eigenvalue weighted by atomic mass is 15.2. The topological polar surface area (TPSA) is 55.1 Å². The van der Waals surface area contributed by atoms with Gasteiger partial charge in [0, 0.05) is 35.8 Å². The zero-order chi connectivity index (χ0) is 14.8. The van der Waals surface area contributed by atoms with Crippen molar-refractivity contribution in [1.29, 1.82) is 0 Å². The second-order valence-electron chi connectivity index (χ2n) is 5.86. The molecule has 1 saturated carbocycles. The molecule has 112 valence electrons. The van der Waals surface area contributed by atoms with Gasteiger partial charge in [0.1, 0.15) is 5.82 Å². The van der Waals surface area contributed by atoms with Crippen LogP contribution < -0.4 is 5.32 Å². The van der Waals surface area contributed by atoms with Crippen molar-refractivity contribution < 1.29 is 0 Å². The van der Waals surface area contributed by atoms with Crippen molar-refractivity contribution in [2.45, 2.75) is 38.1 Å². The molecular weight excluding hydrogens is 274 g/mol. The molecule has 3 aromatic heterocycles. The first kappa shape index (κ1) is 13.2. The molecule has 1 fully saturated rings. The molecule has 0 saturated heterocycles. The maximum absolute atomic E-state index is 4.77. The van der Waals surface area contributed by atoms with Crippen LogP contribution in [-0.4, -0.2) is 25.6 Å². The van der Waals surface area contributed by atoms with Crippen LogP contribution in [-0.2, 0) is 0 Å². The summed E-state index contributed by atoms with van der Waals surface area (Å²) in [5, 5.41) is 7.96. The number of nitrogens with zero attached hydrogens (tertiary/aromatic N) is 4. The molecule has 0 radical (unpaired) electrons. The minimum Gasteiger partial charge on any atom is -0.367 e. The third-order valence-electron chi connectivity index (χ3n) is 4.30. The fraction of sp³-hybridized carbons (Fsp3) is 0.353. The summed E-state index contributed by atoms with van der Waals surface area (Å²) in [7, 11) is 0. The maximum Gasteiger partial charge on any atom is 0.165 e. The van der Waals surface area contributed by atoms with Crippen LogP contribution in [0.2, 0.25) is 0 Å². The number of pyridine rings is 1. The van der Waals surface area contributed by atoms with Crippen LogP contribution in [0.25, 0.3) is 16.8 Å². The van der Waals surface area contributed by atoms with Crippen LogP contribution in [0.4, 0.5) is 5.82 Å². The van der Waals surface area contributed by atoms with Crippen molar-refractivity contribution in [3.8, 4) is 11.1 Å². The highest BCUT2D eigenvalue weighted by molar-refractivity contribution is 5.77. The lowest BCUT2D eigenvalue weighted by molar-refractivity contribution is 0.462. The Kier molecular flexibility index (Phi) is 3.46. The van der Waals surface area contributed by atoms with Gasteiger partial charge in [-0.15, -0.1) is 0 Å². The highest BCUT2D eigenvalue weighted by Crippen LogP contribution is 2.25. The van der Waals surface area contributed by atoms with Gasteiger partial charge >= 0.3 is 0 Å². The molecule has 5 heteroatoms. The zero-order valence-corrected chi connectivity index (χ0v) is 12.4. The lowest BCUT2D eigenvalue weighted by atomic mass is 9.95. The van der Waals surface area contributed by atoms with Crippen molar-refractivity contribution >= 4 is 11.5 Å². The van der Waals surface area contributed by atoms with Crippen LogP contribution >= 0.6 is 0 Å². The molecule has 22 heavy (non-hydrogen) atoms. The Morgan fingerprint density at radius 1 is 1.09 bits per heavy atom. The summed E-state index contributed by atoms with van der Waals surface area (Å²) in [4.78, 5) is 8.95. The Morgan fingerprint density at radius 3 is 2.82 bits per heavy atom. The number of fused-ring (bicyclic) bond motifs is 1. The number of anilines is 1. The Bertz CT molecular complexity index is 759. The second-order valence-corrected chi connectivity index (χ2v) is 5.86. The third kappa shape index (κ3) is 2.54. The number of rotatable bonds is 3. The third-order valence-corrected chi connectivity index (χ3v) is 4.30. The number of hydrogen-bond acceptors (Lipinski definition) is 4. The molecule has 1 aliphatic carbocycles. The summed E-state index contributed by atoms with van der Waals surface area (Å²) in [5.41, 5.74) is 2.93. The standard InChI is InChI=1S/C17H19N5/c1-2-6-14(7-3-1)20-16-8-10-22-17(21-16)15(12-19-22)13-5-4-9-18-11-13/h4-5,8-12,14H,1-3,6-7H2,(H,20,21). The summed E-state index contributed by atoms with van der Waals surface area (Å²) < 4.78 is 1.81. The van der Waals surface area contributed by atoms with E-state index < -0.39 is 0 Å². The van der Waals surface area contributed by atoms with Gasteiger partial charge in [0.25, 0.3) is 0 Å². The van der Waals surface area contributed by atoms with Crippen molar-refractivity contribution in [3.05, 3.63) is 43.0 Å². The van der Waals surface area contributed by atoms with E-state index in [4.69, 9.17) is 4.98 Å². The Labute approximate surface area is 129 Å². The molecule has 4 rings (SSSR count). The van der Waals surface area contributed by atoms with E-state index in [1.54, 1.807) is 6.20 Å². The Morgan fingerprint density at radius 2 is 2.00 bits per heavy atom. The van der Waals surface area contributed by atoms with E-state index in [0.717, 1.165) is 22.6 Å². The fourth-order valence-corrected chi connectivity index (χ4v) is 3.13. The summed E-state index contributed by atoms with van der Waals surface area (Å²) >= 11 is 0. The summed E-state index contributed by atoms with van der Waals surface area (Å²) in [6, 6.07) is 6.52. The van der Waals surface area contributed by atoms with Crippen LogP contribution in [0.1, 0.15) is 32.1 Å². The van der Waals surface area contributed by atoms with Crippen molar-refractivity contribution in [1.82, 2.24) is 19.6 Å². The van der Waals surface area contributed by atoms with Gasteiger partial charge in [0.2, 0.25) is 0 Å². The van der Waals surface area contributed by atoms with Crippen molar-refractivity contribution in [3.63, 3.8) is 0 Å². The Hall–Kier alpha value is -2.43. The van der Waals surface area contributed by atoms with Gasteiger partial charge in [-0.2, -0.15) is 5.10 Å². The van der Waals surface area contributed by atoms with Crippen LogP contribution in [0.5, 0.6) is 0 Å². The van der Waals surface area contributed by atoms with E-state index in [-0.39, 0.29) is 0 Å². The van der Waals surface area contributed by atoms with E-state index in [9.17, 15) is 0 Å². The van der Waals surface area contributed by atoms with Gasteiger partial charge in [0.05, 0.1) is 6.20 Å². The molecule has 0 amide bonds. The SMILES string of the molecule is c1cncc(-c2cnn3ccc(NC4CCCCC4)nc23)c1. The maximum atomic E-state index is 4.77.